The largest absolute Gasteiger partial charge is 0.130 e. The molecule has 1 aromatic rings. The highest BCUT2D eigenvalue weighted by Gasteiger charge is 2.03. The molecule has 0 atom stereocenters. The van der Waals surface area contributed by atoms with Crippen LogP contribution in [-0.2, 0) is 0 Å². The van der Waals surface area contributed by atoms with Gasteiger partial charge >= 0.3 is 0 Å². The number of thioether (sulfide) groups is 1. The average Bonchev–Trinajstić information content (AvgIpc) is 2.03. The van der Waals surface area contributed by atoms with E-state index in [9.17, 15) is 0 Å². The Morgan fingerprint density at radius 3 is 2.58 bits per heavy atom. The molecule has 0 unspecified atom stereocenters. The Balaban J connectivity index is 3.09. The molecule has 0 spiro atoms. The van der Waals surface area contributed by atoms with Crippen molar-refractivity contribution < 1.29 is 0 Å². The maximum Gasteiger partial charge on any atom is 0.0504 e. The molecule has 0 aromatic heterocycles. The normalized spacial score (nSPS) is 9.92. The second-order valence-corrected chi connectivity index (χ2v) is 4.00. The summed E-state index contributed by atoms with van der Waals surface area (Å²) in [6, 6.07) is 5.41. The van der Waals surface area contributed by atoms with Crippen LogP contribution in [0.2, 0.25) is 10.0 Å². The highest BCUT2D eigenvalue weighted by Crippen LogP contribution is 2.30. The number of benzene rings is 1. The molecule has 0 amide bonds. The van der Waals surface area contributed by atoms with Crippen molar-refractivity contribution in [1.29, 1.82) is 0 Å². The number of hydrogen-bond donors (Lipinski definition) is 0. The van der Waals surface area contributed by atoms with E-state index < -0.39 is 0 Å². The molecule has 1 rings (SSSR count). The minimum absolute atomic E-state index is 0.651. The monoisotopic (exact) mass is 218 g/mol. The number of hydrogen-bond acceptors (Lipinski definition) is 1. The topological polar surface area (TPSA) is 0 Å². The molecule has 0 aliphatic rings. The molecule has 3 heteroatoms. The predicted molar refractivity (Wildman–Crippen MR) is 59.0 cm³/mol. The van der Waals surface area contributed by atoms with E-state index in [0.717, 1.165) is 10.5 Å². The summed E-state index contributed by atoms with van der Waals surface area (Å²) in [4.78, 5) is 0.955. The quantitative estimate of drug-likeness (QED) is 0.713. The molecule has 64 valence electrons. The smallest absolute Gasteiger partial charge is 0.0504 e. The van der Waals surface area contributed by atoms with E-state index in [2.05, 4.69) is 6.58 Å². The van der Waals surface area contributed by atoms with Crippen LogP contribution < -0.4 is 0 Å². The highest BCUT2D eigenvalue weighted by molar-refractivity contribution is 8.07. The van der Waals surface area contributed by atoms with Crippen molar-refractivity contribution in [3.63, 3.8) is 0 Å². The number of rotatable bonds is 2. The van der Waals surface area contributed by atoms with E-state index in [1.807, 2.05) is 18.4 Å². The molecule has 0 saturated carbocycles. The maximum absolute atomic E-state index is 5.94. The third kappa shape index (κ3) is 2.19. The molecular formula is C9H8Cl2S. The summed E-state index contributed by atoms with van der Waals surface area (Å²) in [7, 11) is 0. The first kappa shape index (κ1) is 9.97. The fraction of sp³-hybridized carbons (Fsp3) is 0.111. The first-order valence-electron chi connectivity index (χ1n) is 3.33. The van der Waals surface area contributed by atoms with Gasteiger partial charge in [-0.15, -0.1) is 11.8 Å². The Hall–Kier alpha value is -0.110. The zero-order chi connectivity index (χ0) is 9.14. The van der Waals surface area contributed by atoms with E-state index in [0.29, 0.717) is 10.0 Å². The zero-order valence-electron chi connectivity index (χ0n) is 6.60. The van der Waals surface area contributed by atoms with Crippen molar-refractivity contribution in [1.82, 2.24) is 0 Å². The van der Waals surface area contributed by atoms with Crippen molar-refractivity contribution in [2.45, 2.75) is 0 Å². The van der Waals surface area contributed by atoms with Crippen molar-refractivity contribution in [3.8, 4) is 0 Å². The molecule has 0 heterocycles. The minimum Gasteiger partial charge on any atom is -0.130 e. The van der Waals surface area contributed by atoms with Crippen LogP contribution in [-0.4, -0.2) is 6.26 Å². The predicted octanol–water partition coefficient (Wildman–Crippen LogP) is 4.33. The van der Waals surface area contributed by atoms with Crippen LogP contribution in [0.15, 0.2) is 24.8 Å². The van der Waals surface area contributed by atoms with Gasteiger partial charge in [-0.2, -0.15) is 0 Å². The highest BCUT2D eigenvalue weighted by atomic mass is 35.5. The van der Waals surface area contributed by atoms with Gasteiger partial charge in [0.15, 0.2) is 0 Å². The summed E-state index contributed by atoms with van der Waals surface area (Å²) in [6.07, 6.45) is 1.97. The third-order valence-electron chi connectivity index (χ3n) is 1.48. The second-order valence-electron chi connectivity index (χ2n) is 2.25. The summed E-state index contributed by atoms with van der Waals surface area (Å²) in [5.41, 5.74) is 0.952. The summed E-state index contributed by atoms with van der Waals surface area (Å²) in [6.45, 7) is 3.87. The fourth-order valence-electron chi connectivity index (χ4n) is 0.826. The van der Waals surface area contributed by atoms with Gasteiger partial charge in [-0.25, -0.2) is 0 Å². The van der Waals surface area contributed by atoms with E-state index in [1.165, 1.54) is 0 Å². The molecule has 12 heavy (non-hydrogen) atoms. The summed E-state index contributed by atoms with van der Waals surface area (Å²) in [5.74, 6) is 0. The van der Waals surface area contributed by atoms with E-state index >= 15 is 0 Å². The molecule has 0 radical (unpaired) electrons. The van der Waals surface area contributed by atoms with Crippen LogP contribution in [0, 0.1) is 0 Å². The van der Waals surface area contributed by atoms with Crippen LogP contribution in [0.5, 0.6) is 0 Å². The Morgan fingerprint density at radius 2 is 2.08 bits per heavy atom. The number of halogens is 2. The van der Waals surface area contributed by atoms with Crippen LogP contribution in [0.4, 0.5) is 0 Å². The first-order chi connectivity index (χ1) is 5.65. The molecular weight excluding hydrogens is 211 g/mol. The Bertz CT molecular complexity index is 307. The Kier molecular flexibility index (Phi) is 3.51. The molecule has 0 bridgehead atoms. The van der Waals surface area contributed by atoms with Gasteiger partial charge in [0, 0.05) is 15.5 Å². The van der Waals surface area contributed by atoms with Crippen LogP contribution >= 0.6 is 35.0 Å². The summed E-state index contributed by atoms with van der Waals surface area (Å²) >= 11 is 13.3. The van der Waals surface area contributed by atoms with Gasteiger partial charge in [0.2, 0.25) is 0 Å². The van der Waals surface area contributed by atoms with Crippen LogP contribution in [0.1, 0.15) is 5.56 Å². The van der Waals surface area contributed by atoms with Crippen molar-refractivity contribution in [3.05, 3.63) is 40.4 Å². The van der Waals surface area contributed by atoms with Gasteiger partial charge in [-0.05, 0) is 18.4 Å². The summed E-state index contributed by atoms with van der Waals surface area (Å²) < 4.78 is 0. The van der Waals surface area contributed by atoms with Gasteiger partial charge < -0.3 is 0 Å². The molecule has 0 nitrogen and oxygen atoms in total. The van der Waals surface area contributed by atoms with Gasteiger partial charge in [-0.1, -0.05) is 35.8 Å². The zero-order valence-corrected chi connectivity index (χ0v) is 8.93. The van der Waals surface area contributed by atoms with E-state index in [1.54, 1.807) is 17.8 Å². The van der Waals surface area contributed by atoms with E-state index in [4.69, 9.17) is 23.2 Å². The van der Waals surface area contributed by atoms with Gasteiger partial charge in [0.25, 0.3) is 0 Å². The average molecular weight is 219 g/mol. The third-order valence-corrected chi connectivity index (χ3v) is 2.74. The fourth-order valence-corrected chi connectivity index (χ4v) is 1.80. The molecule has 0 fully saturated rings. The van der Waals surface area contributed by atoms with Gasteiger partial charge in [0.1, 0.15) is 0 Å². The minimum atomic E-state index is 0.651. The SMILES string of the molecule is C=C(SC)c1ccc(Cl)cc1Cl. The van der Waals surface area contributed by atoms with Crippen LogP contribution in [0.25, 0.3) is 4.91 Å². The molecule has 0 saturated heterocycles. The lowest BCUT2D eigenvalue weighted by Gasteiger charge is -2.04. The summed E-state index contributed by atoms with van der Waals surface area (Å²) in [5, 5.41) is 1.31. The molecule has 1 aromatic carbocycles. The first-order valence-corrected chi connectivity index (χ1v) is 5.31. The standard InChI is InChI=1S/C9H8Cl2S/c1-6(12-2)8-4-3-7(10)5-9(8)11/h3-5H,1H2,2H3. The van der Waals surface area contributed by atoms with Gasteiger partial charge in [0.05, 0.1) is 5.02 Å². The Labute approximate surface area is 86.6 Å². The molecule has 0 aliphatic carbocycles. The van der Waals surface area contributed by atoms with E-state index in [-0.39, 0.29) is 0 Å². The second kappa shape index (κ2) is 4.22. The Morgan fingerprint density at radius 1 is 1.42 bits per heavy atom. The molecule has 0 N–H and O–H groups in total. The van der Waals surface area contributed by atoms with Crippen molar-refractivity contribution >= 4 is 39.9 Å². The molecule has 0 aliphatic heterocycles. The van der Waals surface area contributed by atoms with Crippen molar-refractivity contribution in [2.75, 3.05) is 6.26 Å². The lowest BCUT2D eigenvalue weighted by atomic mass is 10.2. The maximum atomic E-state index is 5.94. The lowest BCUT2D eigenvalue weighted by Crippen LogP contribution is -1.79. The van der Waals surface area contributed by atoms with Crippen LogP contribution in [0.3, 0.4) is 0 Å². The lowest BCUT2D eigenvalue weighted by molar-refractivity contribution is 1.65. The van der Waals surface area contributed by atoms with Crippen molar-refractivity contribution in [2.24, 2.45) is 0 Å². The van der Waals surface area contributed by atoms with Gasteiger partial charge in [-0.3, -0.25) is 0 Å².